The molecule has 1 saturated heterocycles. The first-order valence-corrected chi connectivity index (χ1v) is 6.09. The lowest BCUT2D eigenvalue weighted by molar-refractivity contribution is -0.185. The average molecular weight is 303 g/mol. The molecule has 114 valence electrons. The molecule has 21 heavy (non-hydrogen) atoms. The smallest absolute Gasteiger partial charge is 0.471 e. The number of carbonyl (C=O) groups is 2. The molecule has 9 heteroatoms. The van der Waals surface area contributed by atoms with E-state index in [1.807, 2.05) is 0 Å². The van der Waals surface area contributed by atoms with E-state index in [1.54, 1.807) is 11.0 Å². The molecule has 0 aliphatic carbocycles. The zero-order valence-corrected chi connectivity index (χ0v) is 10.8. The minimum Gasteiger partial charge on any atom is -0.477 e. The molecule has 1 N–H and O–H groups in total. The summed E-state index contributed by atoms with van der Waals surface area (Å²) < 4.78 is 37.0. The first-order chi connectivity index (χ1) is 9.79. The van der Waals surface area contributed by atoms with Crippen molar-refractivity contribution in [2.24, 2.45) is 0 Å². The molecule has 1 amide bonds. The van der Waals surface area contributed by atoms with Crippen molar-refractivity contribution in [2.45, 2.75) is 6.18 Å². The Morgan fingerprint density at radius 1 is 1.19 bits per heavy atom. The Kier molecular flexibility index (Phi) is 4.01. The highest BCUT2D eigenvalue weighted by Gasteiger charge is 2.43. The van der Waals surface area contributed by atoms with Crippen molar-refractivity contribution >= 4 is 17.6 Å². The van der Waals surface area contributed by atoms with Gasteiger partial charge in [0.2, 0.25) is 0 Å². The summed E-state index contributed by atoms with van der Waals surface area (Å²) in [5, 5.41) is 8.85. The largest absolute Gasteiger partial charge is 0.477 e. The van der Waals surface area contributed by atoms with Crippen molar-refractivity contribution in [3.05, 3.63) is 24.0 Å². The number of aromatic nitrogens is 1. The minimum atomic E-state index is -4.87. The standard InChI is InChI=1S/C12H12F3N3O3/c13-12(14,15)11(21)18-5-3-17(4-6-18)8-1-2-16-9(7-8)10(19)20/h1-2,7H,3-6H2,(H,19,20). The molecule has 0 atom stereocenters. The highest BCUT2D eigenvalue weighted by Crippen LogP contribution is 2.21. The molecule has 0 aromatic carbocycles. The molecule has 1 aliphatic heterocycles. The molecule has 0 radical (unpaired) electrons. The molecular weight excluding hydrogens is 291 g/mol. The Balaban J connectivity index is 2.03. The van der Waals surface area contributed by atoms with Gasteiger partial charge in [0.05, 0.1) is 0 Å². The van der Waals surface area contributed by atoms with Crippen LogP contribution in [0.5, 0.6) is 0 Å². The number of halogens is 3. The van der Waals surface area contributed by atoms with Crippen LogP contribution in [0.2, 0.25) is 0 Å². The number of hydrogen-bond acceptors (Lipinski definition) is 4. The van der Waals surface area contributed by atoms with E-state index < -0.39 is 18.1 Å². The van der Waals surface area contributed by atoms with E-state index in [0.29, 0.717) is 5.69 Å². The lowest BCUT2D eigenvalue weighted by Gasteiger charge is -2.36. The number of nitrogens with zero attached hydrogens (tertiary/aromatic N) is 3. The summed E-state index contributed by atoms with van der Waals surface area (Å²) >= 11 is 0. The second kappa shape index (κ2) is 5.58. The zero-order chi connectivity index (χ0) is 15.6. The van der Waals surface area contributed by atoms with Gasteiger partial charge < -0.3 is 14.9 Å². The van der Waals surface area contributed by atoms with Gasteiger partial charge in [-0.15, -0.1) is 0 Å². The van der Waals surface area contributed by atoms with E-state index in [1.165, 1.54) is 12.3 Å². The van der Waals surface area contributed by atoms with Gasteiger partial charge in [-0.1, -0.05) is 0 Å². The Morgan fingerprint density at radius 2 is 1.81 bits per heavy atom. The molecule has 1 fully saturated rings. The van der Waals surface area contributed by atoms with Crippen LogP contribution in [0.25, 0.3) is 0 Å². The third-order valence-corrected chi connectivity index (χ3v) is 3.14. The molecule has 1 aliphatic rings. The number of anilines is 1. The number of hydrogen-bond donors (Lipinski definition) is 1. The van der Waals surface area contributed by atoms with Crippen LogP contribution in [0, 0.1) is 0 Å². The van der Waals surface area contributed by atoms with Crippen molar-refractivity contribution in [1.29, 1.82) is 0 Å². The molecule has 2 rings (SSSR count). The first kappa shape index (κ1) is 15.1. The van der Waals surface area contributed by atoms with Gasteiger partial charge in [0.15, 0.2) is 0 Å². The van der Waals surface area contributed by atoms with Crippen molar-refractivity contribution < 1.29 is 27.9 Å². The Labute approximate surface area is 117 Å². The maximum atomic E-state index is 12.3. The molecule has 2 heterocycles. The quantitative estimate of drug-likeness (QED) is 0.882. The van der Waals surface area contributed by atoms with E-state index >= 15 is 0 Å². The highest BCUT2D eigenvalue weighted by atomic mass is 19.4. The molecule has 1 aromatic rings. The summed E-state index contributed by atoms with van der Waals surface area (Å²) in [6, 6.07) is 2.93. The summed E-state index contributed by atoms with van der Waals surface area (Å²) in [6.07, 6.45) is -3.54. The van der Waals surface area contributed by atoms with E-state index in [9.17, 15) is 22.8 Å². The van der Waals surface area contributed by atoms with Crippen LogP contribution in [0.4, 0.5) is 18.9 Å². The van der Waals surface area contributed by atoms with Crippen LogP contribution < -0.4 is 4.90 Å². The van der Waals surface area contributed by atoms with Crippen molar-refractivity contribution in [1.82, 2.24) is 9.88 Å². The van der Waals surface area contributed by atoms with E-state index in [2.05, 4.69) is 4.98 Å². The summed E-state index contributed by atoms with van der Waals surface area (Å²) in [5.74, 6) is -3.02. The molecule has 0 bridgehead atoms. The Morgan fingerprint density at radius 3 is 2.33 bits per heavy atom. The number of carbonyl (C=O) groups excluding carboxylic acids is 1. The predicted octanol–water partition coefficient (Wildman–Crippen LogP) is 0.991. The van der Waals surface area contributed by atoms with Crippen molar-refractivity contribution in [2.75, 3.05) is 31.1 Å². The number of piperazine rings is 1. The van der Waals surface area contributed by atoms with E-state index in [4.69, 9.17) is 5.11 Å². The fourth-order valence-corrected chi connectivity index (χ4v) is 2.08. The van der Waals surface area contributed by atoms with Crippen LogP contribution in [-0.4, -0.2) is 59.2 Å². The van der Waals surface area contributed by atoms with Crippen LogP contribution in [-0.2, 0) is 4.79 Å². The van der Waals surface area contributed by atoms with Gasteiger partial charge in [0, 0.05) is 38.1 Å². The third-order valence-electron chi connectivity index (χ3n) is 3.14. The van der Waals surface area contributed by atoms with Crippen LogP contribution in [0.15, 0.2) is 18.3 Å². The van der Waals surface area contributed by atoms with Crippen LogP contribution in [0.3, 0.4) is 0 Å². The first-order valence-electron chi connectivity index (χ1n) is 6.09. The predicted molar refractivity (Wildman–Crippen MR) is 66.0 cm³/mol. The number of carboxylic acids is 1. The van der Waals surface area contributed by atoms with Crippen molar-refractivity contribution in [3.8, 4) is 0 Å². The maximum absolute atomic E-state index is 12.3. The monoisotopic (exact) mass is 303 g/mol. The zero-order valence-electron chi connectivity index (χ0n) is 10.8. The summed E-state index contributed by atoms with van der Waals surface area (Å²) in [4.78, 5) is 28.1. The molecule has 0 saturated carbocycles. The summed E-state index contributed by atoms with van der Waals surface area (Å²) in [7, 11) is 0. The number of aromatic carboxylic acids is 1. The molecule has 6 nitrogen and oxygen atoms in total. The topological polar surface area (TPSA) is 73.7 Å². The minimum absolute atomic E-state index is 0.0664. The van der Waals surface area contributed by atoms with Gasteiger partial charge in [-0.2, -0.15) is 13.2 Å². The van der Waals surface area contributed by atoms with Crippen LogP contribution >= 0.6 is 0 Å². The SMILES string of the molecule is O=C(O)c1cc(N2CCN(C(=O)C(F)(F)F)CC2)ccn1. The fourth-order valence-electron chi connectivity index (χ4n) is 2.08. The number of rotatable bonds is 2. The number of pyridine rings is 1. The Bertz CT molecular complexity index is 554. The number of alkyl halides is 3. The molecular formula is C12H12F3N3O3. The second-order valence-electron chi connectivity index (χ2n) is 4.48. The highest BCUT2D eigenvalue weighted by molar-refractivity contribution is 5.86. The molecule has 0 spiro atoms. The summed E-state index contributed by atoms with van der Waals surface area (Å²) in [5.41, 5.74) is 0.419. The lowest BCUT2D eigenvalue weighted by atomic mass is 10.2. The van der Waals surface area contributed by atoms with Gasteiger partial charge in [-0.25, -0.2) is 9.78 Å². The maximum Gasteiger partial charge on any atom is 0.471 e. The third kappa shape index (κ3) is 3.41. The van der Waals surface area contributed by atoms with Gasteiger partial charge in [-0.3, -0.25) is 4.79 Å². The molecule has 0 unspecified atom stereocenters. The average Bonchev–Trinajstić information content (AvgIpc) is 2.46. The van der Waals surface area contributed by atoms with Crippen molar-refractivity contribution in [3.63, 3.8) is 0 Å². The summed E-state index contributed by atoms with van der Waals surface area (Å²) in [6.45, 7) is 0.266. The lowest BCUT2D eigenvalue weighted by Crippen LogP contribution is -2.52. The van der Waals surface area contributed by atoms with Crippen LogP contribution in [0.1, 0.15) is 10.5 Å². The van der Waals surface area contributed by atoms with Gasteiger partial charge >= 0.3 is 18.1 Å². The van der Waals surface area contributed by atoms with Gasteiger partial charge in [-0.05, 0) is 12.1 Å². The van der Waals surface area contributed by atoms with Gasteiger partial charge in [0.1, 0.15) is 5.69 Å². The van der Waals surface area contributed by atoms with E-state index in [0.717, 1.165) is 4.90 Å². The Hall–Kier alpha value is -2.32. The normalized spacial score (nSPS) is 16.0. The fraction of sp³-hybridized carbons (Fsp3) is 0.417. The second-order valence-corrected chi connectivity index (χ2v) is 4.48. The number of amides is 1. The molecule has 1 aromatic heterocycles. The van der Waals surface area contributed by atoms with E-state index in [-0.39, 0.29) is 31.9 Å². The van der Waals surface area contributed by atoms with Gasteiger partial charge in [0.25, 0.3) is 0 Å². The number of carboxylic acid groups (broad SMARTS) is 1.